The third-order valence-corrected chi connectivity index (χ3v) is 23.9. The van der Waals surface area contributed by atoms with Gasteiger partial charge in [0.15, 0.2) is 9.04 Å². The fourth-order valence-electron chi connectivity index (χ4n) is 4.40. The first kappa shape index (κ1) is 30.9. The van der Waals surface area contributed by atoms with Gasteiger partial charge in [0.1, 0.15) is 6.10 Å². The smallest absolute Gasteiger partial charge is 0.441 e. The van der Waals surface area contributed by atoms with Gasteiger partial charge in [-0.3, -0.25) is 0 Å². The van der Waals surface area contributed by atoms with Crippen molar-refractivity contribution in [3.63, 3.8) is 0 Å². The average Bonchev–Trinajstić information content (AvgIpc) is 3.60. The highest BCUT2D eigenvalue weighted by molar-refractivity contribution is 6.83. The molecule has 0 amide bonds. The second kappa shape index (κ2) is 15.2. The van der Waals surface area contributed by atoms with Crippen LogP contribution in [0, 0.1) is 0 Å². The normalized spacial score (nSPS) is 33.8. The van der Waals surface area contributed by atoms with Crippen LogP contribution >= 0.6 is 0 Å². The Kier molecular flexibility index (Phi) is 13.8. The summed E-state index contributed by atoms with van der Waals surface area (Å²) in [7, 11) is -5.70. The minimum absolute atomic E-state index is 0.296. The van der Waals surface area contributed by atoms with E-state index in [4.69, 9.17) is 39.5 Å². The maximum atomic E-state index is 6.98. The fraction of sp³-hybridized carbons (Fsp3) is 1.00. The van der Waals surface area contributed by atoms with Crippen molar-refractivity contribution >= 4 is 44.3 Å². The van der Waals surface area contributed by atoms with Gasteiger partial charge >= 0.3 is 25.9 Å². The molecule has 5 atom stereocenters. The molecule has 202 valence electrons. The van der Waals surface area contributed by atoms with E-state index in [2.05, 4.69) is 26.2 Å². The van der Waals surface area contributed by atoms with Crippen molar-refractivity contribution in [2.24, 2.45) is 0 Å². The number of ether oxygens (including phenoxy) is 2. The van der Waals surface area contributed by atoms with Crippen LogP contribution in [0.15, 0.2) is 0 Å². The van der Waals surface area contributed by atoms with Gasteiger partial charge in [-0.1, -0.05) is 6.42 Å². The molecule has 9 nitrogen and oxygen atoms in total. The Hall–Kier alpha value is 0.724. The van der Waals surface area contributed by atoms with Crippen molar-refractivity contribution < 1.29 is 39.5 Å². The van der Waals surface area contributed by atoms with Gasteiger partial charge in [-0.25, -0.2) is 0 Å². The van der Waals surface area contributed by atoms with Crippen LogP contribution in [0.4, 0.5) is 0 Å². The molecule has 0 saturated carbocycles. The Balaban J connectivity index is 2.05. The monoisotopic (exact) mass is 572 g/mol. The van der Waals surface area contributed by atoms with Crippen molar-refractivity contribution in [3.05, 3.63) is 0 Å². The summed E-state index contributed by atoms with van der Waals surface area (Å²) < 4.78 is 54.5. The Morgan fingerprint density at radius 1 is 0.971 bits per heavy atom. The second-order valence-electron chi connectivity index (χ2n) is 9.63. The van der Waals surface area contributed by atoms with E-state index in [9.17, 15) is 0 Å². The Bertz CT molecular complexity index is 564. The molecule has 0 N–H and O–H groups in total. The van der Waals surface area contributed by atoms with Crippen LogP contribution in [0.1, 0.15) is 25.7 Å². The number of rotatable bonds is 13. The third-order valence-electron chi connectivity index (χ3n) is 6.36. The molecular weight excluding hydrogens is 525 g/mol. The molecule has 5 unspecified atom stereocenters. The first-order valence-corrected chi connectivity index (χ1v) is 24.2. The van der Waals surface area contributed by atoms with Crippen LogP contribution in [-0.2, 0) is 39.5 Å². The molecule has 0 aromatic carbocycles. The Morgan fingerprint density at radius 3 is 2.29 bits per heavy atom. The number of hydrogen-bond acceptors (Lipinski definition) is 9. The molecule has 2 heterocycles. The first-order valence-electron chi connectivity index (χ1n) is 12.7. The molecule has 14 heteroatoms. The summed E-state index contributed by atoms with van der Waals surface area (Å²) in [4.78, 5) is 0. The van der Waals surface area contributed by atoms with Gasteiger partial charge in [0.25, 0.3) is 9.28 Å². The summed E-state index contributed by atoms with van der Waals surface area (Å²) in [5.74, 6) is 0. The predicted molar refractivity (Wildman–Crippen MR) is 144 cm³/mol. The highest BCUT2D eigenvalue weighted by Gasteiger charge is 2.45. The molecule has 0 aromatic rings. The van der Waals surface area contributed by atoms with Crippen LogP contribution in [-0.4, -0.2) is 98.1 Å². The van der Waals surface area contributed by atoms with E-state index in [-0.39, 0.29) is 0 Å². The molecule has 2 fully saturated rings. The van der Waals surface area contributed by atoms with Crippen LogP contribution in [0.5, 0.6) is 0 Å². The van der Waals surface area contributed by atoms with E-state index in [0.29, 0.717) is 19.3 Å². The fourth-order valence-corrected chi connectivity index (χ4v) is 22.2. The SMILES string of the molecule is CO[Si](CCC[Si]1(C)O[SiH](C)O[SiH](C)CCCCO[Si](C)(CCCOCC2CO2)O1)(OC)OC. The van der Waals surface area contributed by atoms with Gasteiger partial charge in [0.2, 0.25) is 0 Å². The van der Waals surface area contributed by atoms with Gasteiger partial charge in [-0.05, 0) is 63.6 Å². The quantitative estimate of drug-likeness (QED) is 0.187. The lowest BCUT2D eigenvalue weighted by Crippen LogP contribution is -2.55. The minimum Gasteiger partial charge on any atom is -0.441 e. The molecule has 2 saturated heterocycles. The molecule has 2 rings (SSSR count). The molecule has 0 aliphatic carbocycles. The van der Waals surface area contributed by atoms with Crippen molar-refractivity contribution in [1.82, 2.24) is 0 Å². The van der Waals surface area contributed by atoms with Crippen LogP contribution in [0.3, 0.4) is 0 Å². The van der Waals surface area contributed by atoms with E-state index < -0.39 is 44.3 Å². The molecule has 34 heavy (non-hydrogen) atoms. The summed E-state index contributed by atoms with van der Waals surface area (Å²) in [5, 5.41) is 0. The van der Waals surface area contributed by atoms with Crippen LogP contribution in [0.2, 0.25) is 50.4 Å². The van der Waals surface area contributed by atoms with Crippen molar-refractivity contribution in [2.45, 2.75) is 82.2 Å². The van der Waals surface area contributed by atoms with Crippen molar-refractivity contribution in [3.8, 4) is 0 Å². The van der Waals surface area contributed by atoms with Crippen molar-refractivity contribution in [1.29, 1.82) is 0 Å². The predicted octanol–water partition coefficient (Wildman–Crippen LogP) is 3.27. The van der Waals surface area contributed by atoms with E-state index in [1.165, 1.54) is 6.04 Å². The van der Waals surface area contributed by atoms with Crippen molar-refractivity contribution in [2.75, 3.05) is 47.8 Å². The summed E-state index contributed by atoms with van der Waals surface area (Å²) in [6.07, 6.45) is 4.27. The topological polar surface area (TPSA) is 86.4 Å². The largest absolute Gasteiger partial charge is 0.500 e. The lowest BCUT2D eigenvalue weighted by atomic mass is 10.4. The summed E-state index contributed by atoms with van der Waals surface area (Å²) >= 11 is 0. The zero-order valence-electron chi connectivity index (χ0n) is 22.4. The maximum absolute atomic E-state index is 6.98. The maximum Gasteiger partial charge on any atom is 0.500 e. The Morgan fingerprint density at radius 2 is 1.65 bits per heavy atom. The van der Waals surface area contributed by atoms with E-state index >= 15 is 0 Å². The van der Waals surface area contributed by atoms with E-state index in [1.54, 1.807) is 21.3 Å². The molecule has 0 radical (unpaired) electrons. The Labute approximate surface area is 213 Å². The number of epoxide rings is 1. The minimum atomic E-state index is -2.64. The van der Waals surface area contributed by atoms with Gasteiger partial charge in [0.05, 0.1) is 13.2 Å². The molecule has 2 aliphatic heterocycles. The van der Waals surface area contributed by atoms with Crippen LogP contribution < -0.4 is 0 Å². The average molecular weight is 573 g/mol. The van der Waals surface area contributed by atoms with Gasteiger partial charge < -0.3 is 39.5 Å². The highest BCUT2D eigenvalue weighted by atomic mass is 28.5. The van der Waals surface area contributed by atoms with Gasteiger partial charge in [-0.15, -0.1) is 0 Å². The highest BCUT2D eigenvalue weighted by Crippen LogP contribution is 2.30. The lowest BCUT2D eigenvalue weighted by Gasteiger charge is -2.39. The second-order valence-corrected chi connectivity index (χ2v) is 24.7. The standard InChI is InChI=1S/C20H48O9Si5/c1-21-34(22-2,23-3)17-11-16-33(7)28-31(5)27-30(4)14-9-8-13-26-32(6,29-33)15-10-12-24-18-20-19-25-20/h20,30-31H,8-19H2,1-7H3. The molecule has 0 bridgehead atoms. The van der Waals surface area contributed by atoms with E-state index in [0.717, 1.165) is 57.0 Å². The van der Waals surface area contributed by atoms with Crippen LogP contribution in [0.25, 0.3) is 0 Å². The molecular formula is C20H48O9Si5. The molecule has 2 aliphatic rings. The first-order chi connectivity index (χ1) is 16.2. The zero-order chi connectivity index (χ0) is 25.1. The zero-order valence-corrected chi connectivity index (χ0v) is 27.7. The summed E-state index contributed by atoms with van der Waals surface area (Å²) in [6, 6.07) is 3.61. The molecule has 0 spiro atoms. The lowest BCUT2D eigenvalue weighted by molar-refractivity contribution is 0.114. The number of hydrogen-bond donors (Lipinski definition) is 0. The third kappa shape index (κ3) is 11.4. The van der Waals surface area contributed by atoms with Gasteiger partial charge in [-0.2, -0.15) is 0 Å². The van der Waals surface area contributed by atoms with E-state index in [1.807, 2.05) is 0 Å². The summed E-state index contributed by atoms with van der Waals surface area (Å²) in [5.41, 5.74) is 0. The molecule has 0 aromatic heterocycles. The summed E-state index contributed by atoms with van der Waals surface area (Å²) in [6.45, 7) is 11.8. The van der Waals surface area contributed by atoms with Gasteiger partial charge in [0, 0.05) is 40.6 Å².